The Kier molecular flexibility index (Phi) is 9.51. The van der Waals surface area contributed by atoms with Crippen molar-refractivity contribution in [2.75, 3.05) is 46.4 Å². The van der Waals surface area contributed by atoms with Crippen LogP contribution in [0.1, 0.15) is 24.8 Å². The van der Waals surface area contributed by atoms with E-state index in [2.05, 4.69) is 21.7 Å². The molecule has 1 aromatic rings. The Morgan fingerprint density at radius 1 is 1.33 bits per heavy atom. The summed E-state index contributed by atoms with van der Waals surface area (Å²) in [6, 6.07) is 7.84. The lowest BCUT2D eigenvalue weighted by molar-refractivity contribution is -0.143. The number of benzene rings is 1. The van der Waals surface area contributed by atoms with E-state index in [1.165, 1.54) is 4.90 Å². The zero-order valence-corrected chi connectivity index (χ0v) is 20.1. The molecule has 1 atom stereocenters. The Bertz CT molecular complexity index is 714. The van der Waals surface area contributed by atoms with Gasteiger partial charge in [0.2, 0.25) is 0 Å². The fraction of sp³-hybridized carbons (Fsp3) is 0.650. The van der Waals surface area contributed by atoms with Gasteiger partial charge >= 0.3 is 6.18 Å². The smallest absolute Gasteiger partial charge is 0.381 e. The second-order valence-electron chi connectivity index (χ2n) is 7.81. The minimum atomic E-state index is -4.17. The first-order chi connectivity index (χ1) is 13.8. The molecule has 1 unspecified atom stereocenters. The van der Waals surface area contributed by atoms with Gasteiger partial charge < -0.3 is 15.4 Å². The van der Waals surface area contributed by atoms with Gasteiger partial charge in [0.25, 0.3) is 0 Å². The summed E-state index contributed by atoms with van der Waals surface area (Å²) in [6.07, 6.45) is -1.79. The largest absolute Gasteiger partial charge is 0.401 e. The Morgan fingerprint density at radius 3 is 2.70 bits per heavy atom. The number of rotatable bonds is 5. The zero-order chi connectivity index (χ0) is 20.9. The zero-order valence-electron chi connectivity index (χ0n) is 17.0. The molecule has 2 N–H and O–H groups in total. The molecule has 0 amide bonds. The van der Waals surface area contributed by atoms with Gasteiger partial charge in [-0.2, -0.15) is 13.2 Å². The van der Waals surface area contributed by atoms with E-state index in [9.17, 15) is 13.2 Å². The van der Waals surface area contributed by atoms with E-state index in [0.717, 1.165) is 18.4 Å². The van der Waals surface area contributed by atoms with Crippen LogP contribution in [-0.2, 0) is 10.2 Å². The van der Waals surface area contributed by atoms with E-state index < -0.39 is 12.7 Å². The molecule has 2 heterocycles. The third kappa shape index (κ3) is 7.13. The van der Waals surface area contributed by atoms with Crippen molar-refractivity contribution in [3.8, 4) is 0 Å². The standard InChI is InChI=1S/C20H28ClF3N4O.HI/c1-25-18(27-17-5-8-28(12-17)14-20(22,23)24)26-13-19(6-9-29-10-7-19)15-3-2-4-16(21)11-15;/h2-4,11,17H,5-10,12-14H2,1H3,(H2,25,26,27);1H. The number of nitrogens with one attached hydrogen (secondary N) is 2. The summed E-state index contributed by atoms with van der Waals surface area (Å²) >= 11 is 6.22. The Labute approximate surface area is 197 Å². The summed E-state index contributed by atoms with van der Waals surface area (Å²) in [6.45, 7) is 1.92. The number of ether oxygens (including phenoxy) is 1. The number of aliphatic imine (C=N–C) groups is 1. The van der Waals surface area contributed by atoms with Gasteiger partial charge in [0.05, 0.1) is 6.54 Å². The third-order valence-corrected chi connectivity index (χ3v) is 5.96. The lowest BCUT2D eigenvalue weighted by Gasteiger charge is -2.38. The van der Waals surface area contributed by atoms with Crippen LogP contribution in [0.15, 0.2) is 29.3 Å². The summed E-state index contributed by atoms with van der Waals surface area (Å²) in [5.41, 5.74) is 1.03. The van der Waals surface area contributed by atoms with Crippen LogP contribution in [0.25, 0.3) is 0 Å². The van der Waals surface area contributed by atoms with Gasteiger partial charge in [0.1, 0.15) is 0 Å². The monoisotopic (exact) mass is 560 g/mol. The van der Waals surface area contributed by atoms with Crippen molar-refractivity contribution in [1.82, 2.24) is 15.5 Å². The van der Waals surface area contributed by atoms with E-state index in [-0.39, 0.29) is 35.4 Å². The number of halogens is 5. The molecule has 0 radical (unpaired) electrons. The average Bonchev–Trinajstić information content (AvgIpc) is 3.11. The van der Waals surface area contributed by atoms with Gasteiger partial charge in [0, 0.05) is 56.4 Å². The van der Waals surface area contributed by atoms with Gasteiger partial charge in [-0.05, 0) is 37.0 Å². The lowest BCUT2D eigenvalue weighted by Crippen LogP contribution is -2.50. The SMILES string of the molecule is CN=C(NCC1(c2cccc(Cl)c2)CCOCC1)NC1CCN(CC(F)(F)F)C1.I. The third-order valence-electron chi connectivity index (χ3n) is 5.72. The van der Waals surface area contributed by atoms with Crippen LogP contribution in [0.2, 0.25) is 5.02 Å². The first-order valence-electron chi connectivity index (χ1n) is 9.90. The number of hydrogen-bond donors (Lipinski definition) is 2. The van der Waals surface area contributed by atoms with Crippen LogP contribution in [0.4, 0.5) is 13.2 Å². The first kappa shape index (κ1) is 25.5. The fourth-order valence-electron chi connectivity index (χ4n) is 4.14. The lowest BCUT2D eigenvalue weighted by atomic mass is 9.74. The topological polar surface area (TPSA) is 48.9 Å². The van der Waals surface area contributed by atoms with E-state index in [1.807, 2.05) is 18.2 Å². The molecule has 0 aliphatic carbocycles. The van der Waals surface area contributed by atoms with Gasteiger partial charge in [-0.15, -0.1) is 24.0 Å². The Balaban J connectivity index is 0.00000320. The molecular formula is C20H29ClF3IN4O. The van der Waals surface area contributed by atoms with Crippen LogP contribution < -0.4 is 10.6 Å². The van der Waals surface area contributed by atoms with Gasteiger partial charge in [0.15, 0.2) is 5.96 Å². The molecule has 2 aliphatic rings. The maximum Gasteiger partial charge on any atom is 0.401 e. The summed E-state index contributed by atoms with van der Waals surface area (Å²) in [5.74, 6) is 0.608. The van der Waals surface area contributed by atoms with Crippen LogP contribution in [0, 0.1) is 0 Å². The summed E-state index contributed by atoms with van der Waals surface area (Å²) in [5, 5.41) is 7.36. The van der Waals surface area contributed by atoms with Crippen molar-refractivity contribution in [2.45, 2.75) is 36.9 Å². The number of alkyl halides is 3. The van der Waals surface area contributed by atoms with Crippen LogP contribution >= 0.6 is 35.6 Å². The second kappa shape index (κ2) is 11.2. The molecule has 3 rings (SSSR count). The van der Waals surface area contributed by atoms with E-state index >= 15 is 0 Å². The minimum absolute atomic E-state index is 0. The predicted octanol–water partition coefficient (Wildman–Crippen LogP) is 3.81. The molecule has 2 aliphatic heterocycles. The fourth-order valence-corrected chi connectivity index (χ4v) is 4.33. The van der Waals surface area contributed by atoms with Crippen molar-refractivity contribution in [3.63, 3.8) is 0 Å². The van der Waals surface area contributed by atoms with Gasteiger partial charge in [-0.1, -0.05) is 23.7 Å². The summed E-state index contributed by atoms with van der Waals surface area (Å²) in [7, 11) is 1.67. The van der Waals surface area contributed by atoms with Crippen LogP contribution in [0.3, 0.4) is 0 Å². The average molecular weight is 561 g/mol. The van der Waals surface area contributed by atoms with Crippen molar-refractivity contribution in [3.05, 3.63) is 34.9 Å². The molecule has 0 bridgehead atoms. The molecule has 2 saturated heterocycles. The quantitative estimate of drug-likeness (QED) is 0.327. The molecule has 170 valence electrons. The maximum atomic E-state index is 12.6. The van der Waals surface area contributed by atoms with E-state index in [4.69, 9.17) is 16.3 Å². The molecule has 0 aromatic heterocycles. The molecule has 0 saturated carbocycles. The van der Waals surface area contributed by atoms with Crippen molar-refractivity contribution < 1.29 is 17.9 Å². The second-order valence-corrected chi connectivity index (χ2v) is 8.25. The highest BCUT2D eigenvalue weighted by atomic mass is 127. The summed E-state index contributed by atoms with van der Waals surface area (Å²) < 4.78 is 43.4. The number of guanidine groups is 1. The van der Waals surface area contributed by atoms with Gasteiger partial charge in [-0.25, -0.2) is 0 Å². The maximum absolute atomic E-state index is 12.6. The first-order valence-corrected chi connectivity index (χ1v) is 10.3. The molecular weight excluding hydrogens is 532 g/mol. The highest BCUT2D eigenvalue weighted by Gasteiger charge is 2.36. The van der Waals surface area contributed by atoms with E-state index in [0.29, 0.717) is 50.3 Å². The molecule has 1 aromatic carbocycles. The minimum Gasteiger partial charge on any atom is -0.381 e. The Morgan fingerprint density at radius 2 is 2.07 bits per heavy atom. The van der Waals surface area contributed by atoms with Crippen molar-refractivity contribution in [2.24, 2.45) is 4.99 Å². The van der Waals surface area contributed by atoms with E-state index in [1.54, 1.807) is 7.05 Å². The normalized spacial score (nSPS) is 22.4. The van der Waals surface area contributed by atoms with Crippen molar-refractivity contribution in [1.29, 1.82) is 0 Å². The molecule has 0 spiro atoms. The number of hydrogen-bond acceptors (Lipinski definition) is 3. The Hall–Kier alpha value is -0.780. The molecule has 2 fully saturated rings. The molecule has 30 heavy (non-hydrogen) atoms. The number of nitrogens with zero attached hydrogens (tertiary/aromatic N) is 2. The van der Waals surface area contributed by atoms with Crippen LogP contribution in [0.5, 0.6) is 0 Å². The van der Waals surface area contributed by atoms with Crippen molar-refractivity contribution >= 4 is 41.5 Å². The van der Waals surface area contributed by atoms with Crippen LogP contribution in [-0.4, -0.2) is 69.5 Å². The van der Waals surface area contributed by atoms with Gasteiger partial charge in [-0.3, -0.25) is 9.89 Å². The summed E-state index contributed by atoms with van der Waals surface area (Å²) in [4.78, 5) is 5.70. The molecule has 5 nitrogen and oxygen atoms in total. The highest BCUT2D eigenvalue weighted by molar-refractivity contribution is 14.0. The predicted molar refractivity (Wildman–Crippen MR) is 124 cm³/mol. The highest BCUT2D eigenvalue weighted by Crippen LogP contribution is 2.35. The number of likely N-dealkylation sites (tertiary alicyclic amines) is 1. The molecule has 10 heteroatoms.